The Hall–Kier alpha value is -12.7. The molecule has 10 nitrogen and oxygen atoms in total. The maximum absolute atomic E-state index is 6.27. The van der Waals surface area contributed by atoms with Gasteiger partial charge in [0.15, 0.2) is 23.3 Å². The third-order valence-corrected chi connectivity index (χ3v) is 19.2. The minimum absolute atomic E-state index is 0. The third kappa shape index (κ3) is 16.9. The summed E-state index contributed by atoms with van der Waals surface area (Å²) in [5.41, 5.74) is 21.7. The van der Waals surface area contributed by atoms with E-state index in [-0.39, 0.29) is 18.6 Å². The van der Waals surface area contributed by atoms with Gasteiger partial charge in [-0.1, -0.05) is 301 Å². The van der Waals surface area contributed by atoms with Crippen LogP contribution in [0.4, 0.5) is 0 Å². The zero-order valence-electron chi connectivity index (χ0n) is 59.9. The van der Waals surface area contributed by atoms with Gasteiger partial charge in [0.05, 0.1) is 68.9 Å². The molecular weight excluding hydrogens is 1380 g/mol. The quantitative estimate of drug-likeness (QED) is 0.0768. The molecule has 1 saturated heterocycles. The van der Waals surface area contributed by atoms with E-state index >= 15 is 0 Å². The van der Waals surface area contributed by atoms with Crippen LogP contribution in [0, 0.1) is 13.5 Å². The second-order valence-corrected chi connectivity index (χ2v) is 27.5. The Bertz CT molecular complexity index is 5320. The summed E-state index contributed by atoms with van der Waals surface area (Å²) < 4.78 is 13.6. The SMILES string of the molecule is Brc1cccc(-c2cc(-c3ccccc3)nc(C3=CC=[C+]C=C3)n2)c1.CC1(C)OB(c2cccc(-c3cc(-c4ccccc4)nc(-c4ccccc4)n3)c2)OC1(C)C.[CH3-].c1ccc(-c2cc(-c3cccc(-c4cccc(-c5cc(-c6ccccc6)nc(-c6ccccc6)n5)c4)c3)nc(-c3ccccc3)n2)cc1. The lowest BCUT2D eigenvalue weighted by molar-refractivity contribution is 0.00578. The van der Waals surface area contributed by atoms with Gasteiger partial charge in [-0.2, -0.15) is 0 Å². The van der Waals surface area contributed by atoms with Crippen molar-refractivity contribution in [2.24, 2.45) is 0 Å². The number of aromatic nitrogens is 8. The molecule has 5 heterocycles. The molecule has 107 heavy (non-hydrogen) atoms. The van der Waals surface area contributed by atoms with E-state index < -0.39 is 7.12 Å². The minimum atomic E-state index is -0.418. The van der Waals surface area contributed by atoms with Gasteiger partial charge in [-0.3, -0.25) is 0 Å². The van der Waals surface area contributed by atoms with E-state index in [1.807, 2.05) is 200 Å². The van der Waals surface area contributed by atoms with Gasteiger partial charge in [-0.25, -0.2) is 39.9 Å². The molecule has 1 aliphatic heterocycles. The van der Waals surface area contributed by atoms with Crippen molar-refractivity contribution in [3.63, 3.8) is 0 Å². The number of nitrogens with zero attached hydrogens (tertiary/aromatic N) is 8. The molecule has 0 unspecified atom stereocenters. The van der Waals surface area contributed by atoms with E-state index in [4.69, 9.17) is 49.2 Å². The fourth-order valence-corrected chi connectivity index (χ4v) is 12.8. The first-order chi connectivity index (χ1) is 51.9. The Kier molecular flexibility index (Phi) is 21.7. The third-order valence-electron chi connectivity index (χ3n) is 18.7. The summed E-state index contributed by atoms with van der Waals surface area (Å²) in [6, 6.07) is 113. The van der Waals surface area contributed by atoms with E-state index in [0.717, 1.165) is 133 Å². The summed E-state index contributed by atoms with van der Waals surface area (Å²) in [6.07, 6.45) is 10.8. The van der Waals surface area contributed by atoms with Crippen LogP contribution in [-0.4, -0.2) is 58.2 Å². The summed E-state index contributed by atoms with van der Waals surface area (Å²) in [5.74, 6) is 2.82. The molecule has 2 aliphatic rings. The van der Waals surface area contributed by atoms with Crippen LogP contribution >= 0.6 is 15.9 Å². The average molecular weight is 1450 g/mol. The first-order valence-electron chi connectivity index (χ1n) is 35.2. The second-order valence-electron chi connectivity index (χ2n) is 26.6. The highest BCUT2D eigenvalue weighted by molar-refractivity contribution is 9.10. The van der Waals surface area contributed by atoms with Crippen molar-refractivity contribution in [1.29, 1.82) is 0 Å². The molecule has 0 N–H and O–H groups in total. The van der Waals surface area contributed by atoms with E-state index in [2.05, 4.69) is 207 Å². The second kappa shape index (κ2) is 32.6. The fraction of sp³-hybridized carbons (Fsp3) is 0.0632. The van der Waals surface area contributed by atoms with Crippen molar-refractivity contribution in [2.75, 3.05) is 0 Å². The highest BCUT2D eigenvalue weighted by atomic mass is 79.9. The number of halogens is 1. The Morgan fingerprint density at radius 2 is 0.551 bits per heavy atom. The zero-order valence-corrected chi connectivity index (χ0v) is 61.5. The maximum atomic E-state index is 6.27. The van der Waals surface area contributed by atoms with Crippen LogP contribution in [0.5, 0.6) is 0 Å². The molecular formula is C95H74BBrN8O2. The van der Waals surface area contributed by atoms with Crippen molar-refractivity contribution in [3.05, 3.63) is 382 Å². The highest BCUT2D eigenvalue weighted by Gasteiger charge is 2.51. The van der Waals surface area contributed by atoms with Gasteiger partial charge in [0.1, 0.15) is 17.7 Å². The molecule has 516 valence electrons. The molecule has 1 aliphatic carbocycles. The molecule has 12 heteroatoms. The average Bonchev–Trinajstić information content (AvgIpc) is 1.65. The van der Waals surface area contributed by atoms with Crippen LogP contribution in [0.1, 0.15) is 33.5 Å². The van der Waals surface area contributed by atoms with E-state index in [9.17, 15) is 0 Å². The molecule has 17 rings (SSSR count). The first-order valence-corrected chi connectivity index (χ1v) is 36.0. The topological polar surface area (TPSA) is 122 Å². The van der Waals surface area contributed by atoms with Crippen molar-refractivity contribution in [1.82, 2.24) is 39.9 Å². The molecule has 0 amide bonds. The highest BCUT2D eigenvalue weighted by Crippen LogP contribution is 2.39. The van der Waals surface area contributed by atoms with Crippen LogP contribution in [0.25, 0.3) is 141 Å². The van der Waals surface area contributed by atoms with E-state index in [1.165, 1.54) is 0 Å². The van der Waals surface area contributed by atoms with Gasteiger partial charge >= 0.3 is 7.12 Å². The van der Waals surface area contributed by atoms with Gasteiger partial charge in [0, 0.05) is 66.2 Å². The van der Waals surface area contributed by atoms with Crippen LogP contribution in [-0.2, 0) is 9.31 Å². The van der Waals surface area contributed by atoms with Gasteiger partial charge in [-0.05, 0) is 98.4 Å². The number of rotatable bonds is 14. The number of hydrogen-bond donors (Lipinski definition) is 0. The smallest absolute Gasteiger partial charge is 0.399 e. The Morgan fingerprint density at radius 3 is 0.879 bits per heavy atom. The Labute approximate surface area is 635 Å². The molecule has 15 aromatic rings. The molecule has 0 radical (unpaired) electrons. The monoisotopic (exact) mass is 1450 g/mol. The van der Waals surface area contributed by atoms with Gasteiger partial charge in [0.2, 0.25) is 0 Å². The van der Waals surface area contributed by atoms with Crippen molar-refractivity contribution in [3.8, 4) is 135 Å². The molecule has 0 saturated carbocycles. The molecule has 0 atom stereocenters. The summed E-state index contributed by atoms with van der Waals surface area (Å²) in [7, 11) is -0.418. The predicted molar refractivity (Wildman–Crippen MR) is 442 cm³/mol. The summed E-state index contributed by atoms with van der Waals surface area (Å²) >= 11 is 3.54. The molecule has 0 spiro atoms. The molecule has 4 aromatic heterocycles. The van der Waals surface area contributed by atoms with Crippen LogP contribution < -0.4 is 5.46 Å². The summed E-state index contributed by atoms with van der Waals surface area (Å²) in [4.78, 5) is 39.4. The van der Waals surface area contributed by atoms with Gasteiger partial charge in [-0.15, -0.1) is 0 Å². The molecule has 11 aromatic carbocycles. The normalized spacial score (nSPS) is 13.0. The Balaban J connectivity index is 0.000000142. The van der Waals surface area contributed by atoms with Crippen molar-refractivity contribution >= 4 is 34.1 Å². The lowest BCUT2D eigenvalue weighted by Gasteiger charge is -2.32. The first kappa shape index (κ1) is 71.3. The van der Waals surface area contributed by atoms with Gasteiger partial charge < -0.3 is 16.7 Å². The predicted octanol–water partition coefficient (Wildman–Crippen LogP) is 23.0. The van der Waals surface area contributed by atoms with Crippen molar-refractivity contribution in [2.45, 2.75) is 38.9 Å². The fourth-order valence-electron chi connectivity index (χ4n) is 12.4. The van der Waals surface area contributed by atoms with Crippen LogP contribution in [0.15, 0.2) is 362 Å². The summed E-state index contributed by atoms with van der Waals surface area (Å²) in [6.45, 7) is 8.28. The standard InChI is InChI=1S/C44H30N4.C28H27BN2O2.C22H14BrN2.CH3/c1-5-15-31(16-6-1)39-29-41(47-43(45-39)33-19-9-3-10-20-33)37-25-13-23-35(27-37)36-24-14-26-38(28-36)42-30-40(32-17-7-2-8-18-32)46-44(48-42)34-21-11-4-12-22-34;1-27(2)28(3,4)33-29(32-27)23-17-11-16-22(18-23)25-19-24(20-12-7-5-8-13-20)30-26(31-25)21-14-9-6-10-15-21;23-19-13-7-12-18(14-19)21-15-20(16-8-3-1-4-9-16)24-22(25-21)17-10-5-2-6-11-17;/h1-30H;5-19H,1-4H3;1,3-15H;1H3/q;;+1;-1. The Morgan fingerprint density at radius 1 is 0.280 bits per heavy atom. The van der Waals surface area contributed by atoms with Gasteiger partial charge in [0.25, 0.3) is 0 Å². The maximum Gasteiger partial charge on any atom is 0.494 e. The van der Waals surface area contributed by atoms with Crippen molar-refractivity contribution < 1.29 is 9.31 Å². The lowest BCUT2D eigenvalue weighted by atomic mass is 9.78. The van der Waals surface area contributed by atoms with E-state index in [1.54, 1.807) is 0 Å². The number of allylic oxidation sites excluding steroid dienone is 6. The van der Waals surface area contributed by atoms with Crippen LogP contribution in [0.2, 0.25) is 0 Å². The number of benzene rings is 11. The summed E-state index contributed by atoms with van der Waals surface area (Å²) in [5, 5.41) is 0. The number of hydrogen-bond acceptors (Lipinski definition) is 10. The zero-order chi connectivity index (χ0) is 72.2. The van der Waals surface area contributed by atoms with E-state index in [0.29, 0.717) is 23.3 Å². The largest absolute Gasteiger partial charge is 0.494 e. The molecule has 1 fully saturated rings. The minimum Gasteiger partial charge on any atom is -0.399 e. The van der Waals surface area contributed by atoms with Crippen LogP contribution in [0.3, 0.4) is 0 Å². The lowest BCUT2D eigenvalue weighted by Crippen LogP contribution is -2.41. The molecule has 0 bridgehead atoms.